The second kappa shape index (κ2) is 6.54. The van der Waals surface area contributed by atoms with Gasteiger partial charge in [0.15, 0.2) is 0 Å². The van der Waals surface area contributed by atoms with Crippen LogP contribution in [0.3, 0.4) is 0 Å². The summed E-state index contributed by atoms with van der Waals surface area (Å²) in [5.74, 6) is -0.682. The molecule has 2 rings (SSSR count). The van der Waals surface area contributed by atoms with Gasteiger partial charge in [0, 0.05) is 6.54 Å². The zero-order valence-corrected chi connectivity index (χ0v) is 15.3. The molecule has 0 bridgehead atoms. The van der Waals surface area contributed by atoms with Crippen LogP contribution in [-0.4, -0.2) is 51.5 Å². The van der Waals surface area contributed by atoms with E-state index < -0.39 is 28.7 Å². The summed E-state index contributed by atoms with van der Waals surface area (Å²) in [4.78, 5) is 26.0. The maximum Gasteiger partial charge on any atom is 0.410 e. The highest BCUT2D eigenvalue weighted by atomic mass is 16.6. The molecule has 0 aromatic rings. The third-order valence-corrected chi connectivity index (χ3v) is 5.42. The van der Waals surface area contributed by atoms with Crippen LogP contribution < -0.4 is 0 Å². The van der Waals surface area contributed by atoms with Gasteiger partial charge in [-0.05, 0) is 52.4 Å². The van der Waals surface area contributed by atoms with Gasteiger partial charge in [0.05, 0.1) is 17.6 Å². The molecule has 0 spiro atoms. The van der Waals surface area contributed by atoms with Crippen molar-refractivity contribution in [2.24, 2.45) is 11.3 Å². The first-order valence-electron chi connectivity index (χ1n) is 8.93. The Labute approximate surface area is 144 Å². The molecule has 2 fully saturated rings. The summed E-state index contributed by atoms with van der Waals surface area (Å²) in [6, 6.07) is 0. The second-order valence-corrected chi connectivity index (χ2v) is 8.63. The number of β-amino-alcohol motifs (C(OH)–C–C–N with tert-alkyl or cyclic N) is 1. The van der Waals surface area contributed by atoms with E-state index in [4.69, 9.17) is 4.74 Å². The van der Waals surface area contributed by atoms with Crippen molar-refractivity contribution in [1.82, 2.24) is 4.90 Å². The summed E-state index contributed by atoms with van der Waals surface area (Å²) in [5.41, 5.74) is -3.19. The number of nitrogens with zero attached hydrogens (tertiary/aromatic N) is 1. The van der Waals surface area contributed by atoms with Gasteiger partial charge in [0.25, 0.3) is 0 Å². The average molecular weight is 341 g/mol. The van der Waals surface area contributed by atoms with Gasteiger partial charge in [0.1, 0.15) is 5.60 Å². The summed E-state index contributed by atoms with van der Waals surface area (Å²) in [5, 5.41) is 21.3. The SMILES string of the molecule is CC1CCCC(C(=O)O)(C2(O)CCCN(C(=O)OC(C)(C)C)C2)C1. The van der Waals surface area contributed by atoms with Crippen LogP contribution in [0.2, 0.25) is 0 Å². The van der Waals surface area contributed by atoms with E-state index in [1.54, 1.807) is 20.8 Å². The number of ether oxygens (including phenoxy) is 1. The standard InChI is InChI=1S/C18H31NO5/c1-13-7-5-8-17(11-13,14(20)21)18(23)9-6-10-19(12-18)15(22)24-16(2,3)4/h13,23H,5-12H2,1-4H3,(H,20,21). The van der Waals surface area contributed by atoms with Crippen molar-refractivity contribution >= 4 is 12.1 Å². The molecule has 1 heterocycles. The minimum absolute atomic E-state index is 0.0287. The molecular weight excluding hydrogens is 310 g/mol. The van der Waals surface area contributed by atoms with Gasteiger partial charge in [-0.1, -0.05) is 19.8 Å². The van der Waals surface area contributed by atoms with Gasteiger partial charge in [-0.3, -0.25) is 4.79 Å². The lowest BCUT2D eigenvalue weighted by atomic mass is 9.58. The predicted octanol–water partition coefficient (Wildman–Crippen LogP) is 3.03. The molecule has 0 radical (unpaired) electrons. The Morgan fingerprint density at radius 3 is 2.42 bits per heavy atom. The molecule has 2 aliphatic rings. The summed E-state index contributed by atoms with van der Waals surface area (Å²) in [6.45, 7) is 7.94. The van der Waals surface area contributed by atoms with Crippen LogP contribution in [0.1, 0.15) is 66.2 Å². The van der Waals surface area contributed by atoms with Crippen molar-refractivity contribution in [2.45, 2.75) is 77.4 Å². The monoisotopic (exact) mass is 341 g/mol. The normalized spacial score (nSPS) is 34.7. The van der Waals surface area contributed by atoms with Gasteiger partial charge in [-0.2, -0.15) is 0 Å². The van der Waals surface area contributed by atoms with Crippen molar-refractivity contribution in [3.63, 3.8) is 0 Å². The molecule has 3 atom stereocenters. The highest BCUT2D eigenvalue weighted by Gasteiger charge is 2.58. The van der Waals surface area contributed by atoms with Gasteiger partial charge in [0.2, 0.25) is 0 Å². The topological polar surface area (TPSA) is 87.1 Å². The van der Waals surface area contributed by atoms with E-state index in [0.717, 1.165) is 12.8 Å². The molecule has 138 valence electrons. The number of carboxylic acid groups (broad SMARTS) is 1. The van der Waals surface area contributed by atoms with E-state index in [1.807, 2.05) is 6.92 Å². The number of carbonyl (C=O) groups excluding carboxylic acids is 1. The molecule has 1 aliphatic carbocycles. The molecule has 0 aromatic carbocycles. The quantitative estimate of drug-likeness (QED) is 0.806. The number of aliphatic carboxylic acids is 1. The third-order valence-electron chi connectivity index (χ3n) is 5.42. The number of amides is 1. The van der Waals surface area contributed by atoms with E-state index in [1.165, 1.54) is 4.90 Å². The van der Waals surface area contributed by atoms with Crippen LogP contribution in [0.25, 0.3) is 0 Å². The predicted molar refractivity (Wildman–Crippen MR) is 89.7 cm³/mol. The zero-order chi connectivity index (χ0) is 18.2. The van der Waals surface area contributed by atoms with E-state index in [9.17, 15) is 19.8 Å². The summed E-state index contributed by atoms with van der Waals surface area (Å²) >= 11 is 0. The van der Waals surface area contributed by atoms with Crippen LogP contribution in [0.15, 0.2) is 0 Å². The van der Waals surface area contributed by atoms with E-state index in [0.29, 0.717) is 32.2 Å². The minimum Gasteiger partial charge on any atom is -0.481 e. The maximum atomic E-state index is 12.4. The Balaban J connectivity index is 2.23. The number of carbonyl (C=O) groups is 2. The molecule has 6 nitrogen and oxygen atoms in total. The molecule has 3 unspecified atom stereocenters. The minimum atomic E-state index is -1.40. The Hall–Kier alpha value is -1.30. The Bertz CT molecular complexity index is 500. The summed E-state index contributed by atoms with van der Waals surface area (Å²) < 4.78 is 5.40. The number of carboxylic acids is 1. The molecule has 24 heavy (non-hydrogen) atoms. The molecule has 6 heteroatoms. The Kier molecular flexibility index (Phi) is 5.19. The van der Waals surface area contributed by atoms with Crippen molar-refractivity contribution in [3.05, 3.63) is 0 Å². The number of aliphatic hydroxyl groups is 1. The van der Waals surface area contributed by atoms with Crippen LogP contribution in [0.4, 0.5) is 4.79 Å². The van der Waals surface area contributed by atoms with E-state index >= 15 is 0 Å². The van der Waals surface area contributed by atoms with Crippen molar-refractivity contribution in [2.75, 3.05) is 13.1 Å². The lowest BCUT2D eigenvalue weighted by Crippen LogP contribution is -2.63. The van der Waals surface area contributed by atoms with Gasteiger partial charge in [-0.15, -0.1) is 0 Å². The van der Waals surface area contributed by atoms with Crippen LogP contribution in [0.5, 0.6) is 0 Å². The van der Waals surface area contributed by atoms with Crippen LogP contribution >= 0.6 is 0 Å². The second-order valence-electron chi connectivity index (χ2n) is 8.63. The Morgan fingerprint density at radius 1 is 1.21 bits per heavy atom. The fourth-order valence-electron chi connectivity index (χ4n) is 4.28. The fourth-order valence-corrected chi connectivity index (χ4v) is 4.28. The van der Waals surface area contributed by atoms with Crippen LogP contribution in [-0.2, 0) is 9.53 Å². The molecular formula is C18H31NO5. The smallest absolute Gasteiger partial charge is 0.410 e. The first kappa shape index (κ1) is 19.0. The first-order chi connectivity index (χ1) is 11.0. The number of hydrogen-bond acceptors (Lipinski definition) is 4. The highest BCUT2D eigenvalue weighted by molar-refractivity contribution is 5.77. The van der Waals surface area contributed by atoms with Gasteiger partial charge in [-0.25, -0.2) is 4.79 Å². The molecule has 2 N–H and O–H groups in total. The van der Waals surface area contributed by atoms with Gasteiger partial charge < -0.3 is 19.8 Å². The van der Waals surface area contributed by atoms with E-state index in [-0.39, 0.29) is 12.5 Å². The molecule has 1 amide bonds. The summed E-state index contributed by atoms with van der Waals surface area (Å²) in [6.07, 6.45) is 3.21. The first-order valence-corrected chi connectivity index (χ1v) is 8.93. The zero-order valence-electron chi connectivity index (χ0n) is 15.3. The molecule has 1 aliphatic heterocycles. The molecule has 0 aromatic heterocycles. The van der Waals surface area contributed by atoms with Crippen molar-refractivity contribution < 1.29 is 24.5 Å². The number of hydrogen-bond donors (Lipinski definition) is 2. The average Bonchev–Trinajstić information content (AvgIpc) is 2.45. The van der Waals surface area contributed by atoms with E-state index in [2.05, 4.69) is 0 Å². The third kappa shape index (κ3) is 3.68. The summed E-state index contributed by atoms with van der Waals surface area (Å²) in [7, 11) is 0. The van der Waals surface area contributed by atoms with Crippen LogP contribution in [0, 0.1) is 11.3 Å². The highest BCUT2D eigenvalue weighted by Crippen LogP contribution is 2.50. The molecule has 1 saturated heterocycles. The molecule has 1 saturated carbocycles. The number of rotatable bonds is 2. The maximum absolute atomic E-state index is 12.4. The lowest BCUT2D eigenvalue weighted by Gasteiger charge is -2.51. The number of piperidine rings is 1. The fraction of sp³-hybridized carbons (Fsp3) is 0.889. The largest absolute Gasteiger partial charge is 0.481 e. The van der Waals surface area contributed by atoms with Gasteiger partial charge >= 0.3 is 12.1 Å². The number of likely N-dealkylation sites (tertiary alicyclic amines) is 1. The van der Waals surface area contributed by atoms with Crippen molar-refractivity contribution in [1.29, 1.82) is 0 Å². The van der Waals surface area contributed by atoms with Crippen molar-refractivity contribution in [3.8, 4) is 0 Å². The lowest BCUT2D eigenvalue weighted by molar-refractivity contribution is -0.187. The Morgan fingerprint density at radius 2 is 1.88 bits per heavy atom.